The minimum absolute atomic E-state index is 0.0106. The highest BCUT2D eigenvalue weighted by Gasteiger charge is 2.48. The Balaban J connectivity index is 1.37. The Bertz CT molecular complexity index is 1290. The number of aliphatic hydroxyl groups excluding tert-OH is 1. The van der Waals surface area contributed by atoms with E-state index in [0.717, 1.165) is 22.4 Å². The van der Waals surface area contributed by atoms with Crippen molar-refractivity contribution >= 4 is 11.6 Å². The largest absolute Gasteiger partial charge is 0.508 e. The van der Waals surface area contributed by atoms with Gasteiger partial charge in [0.1, 0.15) is 11.6 Å². The maximum absolute atomic E-state index is 13.3. The van der Waals surface area contributed by atoms with Crippen molar-refractivity contribution in [2.45, 2.75) is 25.0 Å². The Kier molecular flexibility index (Phi) is 6.29. The first-order chi connectivity index (χ1) is 17.0. The van der Waals surface area contributed by atoms with Gasteiger partial charge in [0, 0.05) is 18.1 Å². The number of β-lactam (4-membered cyclic amide) rings is 1. The Morgan fingerprint density at radius 2 is 1.63 bits per heavy atom. The van der Waals surface area contributed by atoms with Crippen molar-refractivity contribution in [2.75, 3.05) is 4.90 Å². The molecule has 2 N–H and O–H groups in total. The molecule has 1 saturated heterocycles. The molecule has 1 amide bonds. The van der Waals surface area contributed by atoms with Gasteiger partial charge in [0.15, 0.2) is 0 Å². The van der Waals surface area contributed by atoms with Crippen LogP contribution in [0.15, 0.2) is 97.3 Å². The number of aromatic nitrogens is 1. The van der Waals surface area contributed by atoms with Gasteiger partial charge in [-0.2, -0.15) is 0 Å². The first-order valence-electron chi connectivity index (χ1n) is 11.6. The topological polar surface area (TPSA) is 73.7 Å². The van der Waals surface area contributed by atoms with Gasteiger partial charge in [-0.1, -0.05) is 42.5 Å². The number of phenolic OH excluding ortho intramolecular Hbond substituents is 1. The third-order valence-electron chi connectivity index (χ3n) is 6.59. The molecule has 4 aromatic rings. The second kappa shape index (κ2) is 9.68. The molecule has 0 unspecified atom stereocenters. The van der Waals surface area contributed by atoms with Gasteiger partial charge in [-0.3, -0.25) is 9.78 Å². The lowest BCUT2D eigenvalue weighted by Gasteiger charge is -2.48. The molecule has 0 aliphatic carbocycles. The first-order valence-corrected chi connectivity index (χ1v) is 11.6. The predicted molar refractivity (Wildman–Crippen MR) is 132 cm³/mol. The van der Waals surface area contributed by atoms with Gasteiger partial charge in [0.05, 0.1) is 18.1 Å². The number of halogens is 1. The number of carbonyl (C=O) groups is 1. The van der Waals surface area contributed by atoms with Crippen LogP contribution in [0, 0.1) is 11.7 Å². The monoisotopic (exact) mass is 468 g/mol. The number of hydrogen-bond acceptors (Lipinski definition) is 4. The highest BCUT2D eigenvalue weighted by Crippen LogP contribution is 2.46. The number of carbonyl (C=O) groups excluding carboxylic acids is 1. The minimum atomic E-state index is -0.781. The Morgan fingerprint density at radius 3 is 2.29 bits per heavy atom. The fraction of sp³-hybridized carbons (Fsp3) is 0.172. The molecule has 1 aliphatic rings. The lowest BCUT2D eigenvalue weighted by Crippen LogP contribution is -2.55. The minimum Gasteiger partial charge on any atom is -0.508 e. The molecule has 176 valence electrons. The van der Waals surface area contributed by atoms with Crippen LogP contribution in [0.5, 0.6) is 5.75 Å². The summed E-state index contributed by atoms with van der Waals surface area (Å²) < 4.78 is 13.2. The van der Waals surface area contributed by atoms with Gasteiger partial charge < -0.3 is 15.1 Å². The van der Waals surface area contributed by atoms with Crippen LogP contribution in [0.1, 0.15) is 36.1 Å². The highest BCUT2D eigenvalue weighted by molar-refractivity contribution is 6.03. The maximum Gasteiger partial charge on any atom is 0.233 e. The van der Waals surface area contributed by atoms with Crippen LogP contribution >= 0.6 is 0 Å². The second-order valence-electron chi connectivity index (χ2n) is 8.78. The molecular weight excluding hydrogens is 443 g/mol. The molecule has 0 spiro atoms. The summed E-state index contributed by atoms with van der Waals surface area (Å²) in [6.07, 6.45) is 3.60. The zero-order chi connectivity index (χ0) is 24.4. The zero-order valence-electron chi connectivity index (χ0n) is 19.0. The van der Waals surface area contributed by atoms with Crippen molar-refractivity contribution in [3.05, 3.63) is 114 Å². The van der Waals surface area contributed by atoms with Gasteiger partial charge in [-0.15, -0.1) is 0 Å². The summed E-state index contributed by atoms with van der Waals surface area (Å²) >= 11 is 0. The van der Waals surface area contributed by atoms with Crippen LogP contribution in [-0.4, -0.2) is 21.1 Å². The van der Waals surface area contributed by atoms with E-state index in [1.54, 1.807) is 41.6 Å². The predicted octanol–water partition coefficient (Wildman–Crippen LogP) is 5.81. The van der Waals surface area contributed by atoms with Crippen molar-refractivity contribution < 1.29 is 19.4 Å². The zero-order valence-corrected chi connectivity index (χ0v) is 19.0. The van der Waals surface area contributed by atoms with E-state index in [4.69, 9.17) is 0 Å². The Hall–Kier alpha value is -4.03. The van der Waals surface area contributed by atoms with Crippen molar-refractivity contribution in [3.8, 4) is 16.9 Å². The van der Waals surface area contributed by atoms with Crippen LogP contribution in [0.2, 0.25) is 0 Å². The van der Waals surface area contributed by atoms with E-state index in [1.807, 2.05) is 48.5 Å². The fourth-order valence-electron chi connectivity index (χ4n) is 4.71. The van der Waals surface area contributed by atoms with E-state index < -0.39 is 6.10 Å². The average molecular weight is 469 g/mol. The average Bonchev–Trinajstić information content (AvgIpc) is 2.89. The Labute approximate surface area is 203 Å². The fourth-order valence-corrected chi connectivity index (χ4v) is 4.71. The van der Waals surface area contributed by atoms with E-state index in [0.29, 0.717) is 18.4 Å². The summed E-state index contributed by atoms with van der Waals surface area (Å²) in [5.74, 6) is -0.515. The number of benzene rings is 3. The summed E-state index contributed by atoms with van der Waals surface area (Å²) in [6, 6.07) is 24.1. The standard InChI is InChI=1S/C29H25FN2O3/c30-23-9-3-20(4-10-23)27(34)16-15-26-28(21-7-13-25(33)14-8-21)32(29(26)35)24-11-5-19(6-12-24)22-2-1-17-31-18-22/h1-14,17-18,26-28,33-34H,15-16H2/t26-,27+,28-/m1/s1. The van der Waals surface area contributed by atoms with Crippen molar-refractivity contribution in [3.63, 3.8) is 0 Å². The second-order valence-corrected chi connectivity index (χ2v) is 8.78. The number of anilines is 1. The van der Waals surface area contributed by atoms with Crippen molar-refractivity contribution in [1.29, 1.82) is 0 Å². The van der Waals surface area contributed by atoms with Crippen LogP contribution in [0.4, 0.5) is 10.1 Å². The van der Waals surface area contributed by atoms with Gasteiger partial charge in [-0.25, -0.2) is 4.39 Å². The molecule has 0 bridgehead atoms. The number of pyridine rings is 1. The van der Waals surface area contributed by atoms with E-state index in [2.05, 4.69) is 4.98 Å². The third-order valence-corrected chi connectivity index (χ3v) is 6.59. The summed E-state index contributed by atoms with van der Waals surface area (Å²) in [4.78, 5) is 19.2. The molecule has 0 radical (unpaired) electrons. The van der Waals surface area contributed by atoms with E-state index in [-0.39, 0.29) is 29.4 Å². The quantitative estimate of drug-likeness (QED) is 0.336. The van der Waals surface area contributed by atoms with Crippen LogP contribution in [0.25, 0.3) is 11.1 Å². The molecular formula is C29H25FN2O3. The van der Waals surface area contributed by atoms with E-state index in [1.165, 1.54) is 12.1 Å². The van der Waals surface area contributed by atoms with Gasteiger partial charge in [0.2, 0.25) is 5.91 Å². The van der Waals surface area contributed by atoms with Crippen LogP contribution in [0.3, 0.4) is 0 Å². The first kappa shape index (κ1) is 22.7. The van der Waals surface area contributed by atoms with Crippen LogP contribution < -0.4 is 4.90 Å². The lowest BCUT2D eigenvalue weighted by atomic mass is 9.78. The lowest BCUT2D eigenvalue weighted by molar-refractivity contribution is -0.131. The molecule has 3 aromatic carbocycles. The number of aliphatic hydroxyl groups is 1. The molecule has 6 heteroatoms. The number of phenols is 1. The smallest absolute Gasteiger partial charge is 0.233 e. The van der Waals surface area contributed by atoms with E-state index in [9.17, 15) is 19.4 Å². The molecule has 1 fully saturated rings. The van der Waals surface area contributed by atoms with Gasteiger partial charge >= 0.3 is 0 Å². The summed E-state index contributed by atoms with van der Waals surface area (Å²) in [5, 5.41) is 20.3. The highest BCUT2D eigenvalue weighted by atomic mass is 19.1. The number of aromatic hydroxyl groups is 1. The third kappa shape index (κ3) is 4.66. The maximum atomic E-state index is 13.3. The molecule has 1 aromatic heterocycles. The number of rotatable bonds is 7. The van der Waals surface area contributed by atoms with Crippen LogP contribution in [-0.2, 0) is 4.79 Å². The molecule has 3 atom stereocenters. The SMILES string of the molecule is O=C1[C@H](CC[C@H](O)c2ccc(F)cc2)[C@@H](c2ccc(O)cc2)N1c1ccc(-c2cccnc2)cc1. The van der Waals surface area contributed by atoms with Crippen molar-refractivity contribution in [1.82, 2.24) is 4.98 Å². The molecule has 35 heavy (non-hydrogen) atoms. The molecule has 2 heterocycles. The Morgan fingerprint density at radius 1 is 0.914 bits per heavy atom. The summed E-state index contributed by atoms with van der Waals surface area (Å²) in [6.45, 7) is 0. The summed E-state index contributed by atoms with van der Waals surface area (Å²) in [5.41, 5.74) is 4.34. The number of amides is 1. The van der Waals surface area contributed by atoms with E-state index >= 15 is 0 Å². The summed E-state index contributed by atoms with van der Waals surface area (Å²) in [7, 11) is 0. The number of hydrogen-bond donors (Lipinski definition) is 2. The molecule has 1 aliphatic heterocycles. The van der Waals surface area contributed by atoms with Crippen molar-refractivity contribution in [2.24, 2.45) is 5.92 Å². The molecule has 5 rings (SSSR count). The molecule has 5 nitrogen and oxygen atoms in total. The number of nitrogens with zero attached hydrogens (tertiary/aromatic N) is 2. The van der Waals surface area contributed by atoms with Gasteiger partial charge in [-0.05, 0) is 77.6 Å². The van der Waals surface area contributed by atoms with Gasteiger partial charge in [0.25, 0.3) is 0 Å². The normalized spacial score (nSPS) is 18.2. The molecule has 0 saturated carbocycles.